The lowest BCUT2D eigenvalue weighted by molar-refractivity contribution is 0.187. The minimum atomic E-state index is -0.377. The number of methoxy groups -OCH3 is 1. The van der Waals surface area contributed by atoms with Crippen molar-refractivity contribution in [1.29, 1.82) is 0 Å². The molecule has 0 saturated heterocycles. The number of aliphatic hydroxyl groups is 1. The molecule has 7 heteroatoms. The van der Waals surface area contributed by atoms with E-state index in [1.165, 1.54) is 11.3 Å². The Hall–Kier alpha value is -2.22. The first-order valence-corrected chi connectivity index (χ1v) is 10.3. The van der Waals surface area contributed by atoms with E-state index in [2.05, 4.69) is 0 Å². The summed E-state index contributed by atoms with van der Waals surface area (Å²) in [5, 5.41) is 9.82. The van der Waals surface area contributed by atoms with Gasteiger partial charge in [0.1, 0.15) is 4.83 Å². The molecule has 0 bridgehead atoms. The number of thiophene rings is 1. The number of ether oxygens (including phenoxy) is 1. The second-order valence-corrected chi connectivity index (χ2v) is 7.20. The molecule has 3 aromatic rings. The number of benzene rings is 1. The molecule has 0 aliphatic carbocycles. The van der Waals surface area contributed by atoms with Crippen LogP contribution in [0.5, 0.6) is 0 Å². The van der Waals surface area contributed by atoms with Gasteiger partial charge in [0.2, 0.25) is 0 Å². The van der Waals surface area contributed by atoms with Crippen LogP contribution in [0.2, 0.25) is 0 Å². The molecule has 0 saturated carbocycles. The summed E-state index contributed by atoms with van der Waals surface area (Å²) in [7, 11) is 1.61. The molecule has 0 spiro atoms. The minimum absolute atomic E-state index is 0.00611. The molecule has 1 N–H and O–H groups in total. The molecule has 2 heterocycles. The van der Waals surface area contributed by atoms with Crippen molar-refractivity contribution in [3.63, 3.8) is 0 Å². The molecule has 0 aliphatic rings. The Bertz CT molecular complexity index is 1020. The maximum Gasteiger partial charge on any atom is 0.332 e. The van der Waals surface area contributed by atoms with Crippen LogP contribution < -0.4 is 11.2 Å². The normalized spacial score (nSPS) is 10.8. The van der Waals surface area contributed by atoms with Crippen molar-refractivity contribution in [2.45, 2.75) is 46.9 Å². The first-order valence-electron chi connectivity index (χ1n) is 9.47. The molecule has 0 fully saturated rings. The maximum atomic E-state index is 12.9. The van der Waals surface area contributed by atoms with Crippen LogP contribution >= 0.6 is 11.3 Å². The summed E-state index contributed by atoms with van der Waals surface area (Å²) in [6, 6.07) is 9.91. The van der Waals surface area contributed by atoms with Gasteiger partial charge in [-0.1, -0.05) is 44.2 Å². The van der Waals surface area contributed by atoms with Gasteiger partial charge in [0.25, 0.3) is 5.56 Å². The third kappa shape index (κ3) is 4.43. The molecular formula is C21H28N2O4S. The first kappa shape index (κ1) is 22.1. The van der Waals surface area contributed by atoms with Crippen LogP contribution in [0.25, 0.3) is 10.2 Å². The third-order valence-electron chi connectivity index (χ3n) is 4.46. The largest absolute Gasteiger partial charge is 0.395 e. The Morgan fingerprint density at radius 3 is 2.36 bits per heavy atom. The van der Waals surface area contributed by atoms with E-state index in [-0.39, 0.29) is 24.4 Å². The van der Waals surface area contributed by atoms with Gasteiger partial charge < -0.3 is 9.84 Å². The highest BCUT2D eigenvalue weighted by Crippen LogP contribution is 2.28. The summed E-state index contributed by atoms with van der Waals surface area (Å²) >= 11 is 1.43. The maximum absolute atomic E-state index is 12.9. The van der Waals surface area contributed by atoms with E-state index in [1.54, 1.807) is 11.7 Å². The standard InChI is InChI=1S/C19H22N2O4S.C2H6/c1-13-15(12-25-2)26-18-16(13)17(23)20(10-11-22)19(24)21(18)9-8-14-6-4-3-5-7-14;1-2/h3-7,22H,8-12H2,1-2H3;1-2H3. The fraction of sp³-hybridized carbons (Fsp3) is 0.429. The van der Waals surface area contributed by atoms with Gasteiger partial charge in [0, 0.05) is 18.5 Å². The van der Waals surface area contributed by atoms with Crippen LogP contribution in [-0.2, 0) is 30.9 Å². The van der Waals surface area contributed by atoms with Crippen LogP contribution in [0.3, 0.4) is 0 Å². The Balaban J connectivity index is 0.00000136. The summed E-state index contributed by atoms with van der Waals surface area (Å²) in [5.41, 5.74) is 1.25. The highest BCUT2D eigenvalue weighted by atomic mass is 32.1. The molecule has 0 aliphatic heterocycles. The van der Waals surface area contributed by atoms with Crippen LogP contribution in [0.1, 0.15) is 29.9 Å². The van der Waals surface area contributed by atoms with Crippen LogP contribution in [0.4, 0.5) is 0 Å². The topological polar surface area (TPSA) is 73.5 Å². The number of aromatic nitrogens is 2. The van der Waals surface area contributed by atoms with E-state index >= 15 is 0 Å². The van der Waals surface area contributed by atoms with Gasteiger partial charge in [-0.2, -0.15) is 0 Å². The zero-order valence-electron chi connectivity index (χ0n) is 16.9. The number of rotatable bonds is 7. The Labute approximate surface area is 168 Å². The minimum Gasteiger partial charge on any atom is -0.395 e. The summed E-state index contributed by atoms with van der Waals surface area (Å²) in [5.74, 6) is 0. The molecule has 28 heavy (non-hydrogen) atoms. The van der Waals surface area contributed by atoms with Gasteiger partial charge >= 0.3 is 5.69 Å². The second kappa shape index (κ2) is 10.4. The third-order valence-corrected chi connectivity index (χ3v) is 5.75. The Morgan fingerprint density at radius 2 is 1.75 bits per heavy atom. The predicted molar refractivity (Wildman–Crippen MR) is 114 cm³/mol. The average molecular weight is 405 g/mol. The predicted octanol–water partition coefficient (Wildman–Crippen LogP) is 2.94. The second-order valence-electron chi connectivity index (χ2n) is 6.11. The van der Waals surface area contributed by atoms with Gasteiger partial charge in [-0.05, 0) is 24.5 Å². The van der Waals surface area contributed by atoms with E-state index in [4.69, 9.17) is 4.74 Å². The SMILES string of the molecule is CC.COCc1sc2c(c1C)c(=O)n(CCO)c(=O)n2CCc1ccccc1. The average Bonchev–Trinajstić information content (AvgIpc) is 3.04. The van der Waals surface area contributed by atoms with Gasteiger partial charge in [-0.3, -0.25) is 13.9 Å². The van der Waals surface area contributed by atoms with Crippen molar-refractivity contribution in [2.75, 3.05) is 13.7 Å². The summed E-state index contributed by atoms with van der Waals surface area (Å²) in [6.07, 6.45) is 0.684. The van der Waals surface area contributed by atoms with Crippen molar-refractivity contribution >= 4 is 21.6 Å². The van der Waals surface area contributed by atoms with Crippen molar-refractivity contribution in [2.24, 2.45) is 0 Å². The molecule has 0 amide bonds. The zero-order valence-corrected chi connectivity index (χ0v) is 17.7. The molecule has 0 atom stereocenters. The molecule has 3 rings (SSSR count). The van der Waals surface area contributed by atoms with Gasteiger partial charge in [0.15, 0.2) is 0 Å². The van der Waals surface area contributed by atoms with Crippen LogP contribution in [0.15, 0.2) is 39.9 Å². The van der Waals surface area contributed by atoms with Crippen LogP contribution in [0, 0.1) is 6.92 Å². The summed E-state index contributed by atoms with van der Waals surface area (Å²) in [6.45, 7) is 6.49. The van der Waals surface area contributed by atoms with Gasteiger partial charge in [-0.15, -0.1) is 11.3 Å². The van der Waals surface area contributed by atoms with Gasteiger partial charge in [-0.25, -0.2) is 4.79 Å². The van der Waals surface area contributed by atoms with Gasteiger partial charge in [0.05, 0.1) is 25.1 Å². The highest BCUT2D eigenvalue weighted by molar-refractivity contribution is 7.18. The van der Waals surface area contributed by atoms with E-state index in [0.717, 1.165) is 20.6 Å². The Kier molecular flexibility index (Phi) is 8.17. The lowest BCUT2D eigenvalue weighted by atomic mass is 10.1. The monoisotopic (exact) mass is 404 g/mol. The number of aliphatic hydroxyl groups excluding tert-OH is 1. The van der Waals surface area contributed by atoms with Crippen LogP contribution in [-0.4, -0.2) is 28.0 Å². The Morgan fingerprint density at radius 1 is 1.07 bits per heavy atom. The highest BCUT2D eigenvalue weighted by Gasteiger charge is 2.19. The number of hydrogen-bond donors (Lipinski definition) is 1. The zero-order chi connectivity index (χ0) is 20.7. The molecule has 152 valence electrons. The summed E-state index contributed by atoms with van der Waals surface area (Å²) < 4.78 is 8.01. The fourth-order valence-electron chi connectivity index (χ4n) is 3.09. The van der Waals surface area contributed by atoms with Crippen molar-refractivity contribution in [1.82, 2.24) is 9.13 Å². The molecular weight excluding hydrogens is 376 g/mol. The van der Waals surface area contributed by atoms with E-state index < -0.39 is 0 Å². The van der Waals surface area contributed by atoms with E-state index in [0.29, 0.717) is 29.8 Å². The fourth-order valence-corrected chi connectivity index (χ4v) is 4.38. The number of hydrogen-bond acceptors (Lipinski definition) is 5. The number of nitrogens with zero attached hydrogens (tertiary/aromatic N) is 2. The van der Waals surface area contributed by atoms with Crippen molar-refractivity contribution < 1.29 is 9.84 Å². The lowest BCUT2D eigenvalue weighted by Crippen LogP contribution is -2.40. The molecule has 0 radical (unpaired) electrons. The first-order chi connectivity index (χ1) is 13.6. The van der Waals surface area contributed by atoms with Crippen molar-refractivity contribution in [3.05, 3.63) is 67.2 Å². The molecule has 0 unspecified atom stereocenters. The van der Waals surface area contributed by atoms with E-state index in [9.17, 15) is 14.7 Å². The molecule has 1 aromatic carbocycles. The smallest absolute Gasteiger partial charge is 0.332 e. The number of aryl methyl sites for hydroxylation is 3. The molecule has 6 nitrogen and oxygen atoms in total. The lowest BCUT2D eigenvalue weighted by Gasteiger charge is -2.11. The van der Waals surface area contributed by atoms with Crippen molar-refractivity contribution in [3.8, 4) is 0 Å². The van der Waals surface area contributed by atoms with E-state index in [1.807, 2.05) is 51.1 Å². The molecule has 2 aromatic heterocycles. The number of fused-ring (bicyclic) bond motifs is 1. The summed E-state index contributed by atoms with van der Waals surface area (Å²) in [4.78, 5) is 27.3. The quantitative estimate of drug-likeness (QED) is 0.657.